The summed E-state index contributed by atoms with van der Waals surface area (Å²) in [4.78, 5) is 23.5. The Bertz CT molecular complexity index is 621. The van der Waals surface area contributed by atoms with Crippen molar-refractivity contribution in [3.8, 4) is 0 Å². The van der Waals surface area contributed by atoms with Crippen LogP contribution in [0.1, 0.15) is 12.7 Å². The third-order valence-electron chi connectivity index (χ3n) is 3.00. The van der Waals surface area contributed by atoms with Crippen molar-refractivity contribution in [2.24, 2.45) is 0 Å². The van der Waals surface area contributed by atoms with Gasteiger partial charge < -0.3 is 20.2 Å². The molecule has 0 saturated heterocycles. The van der Waals surface area contributed by atoms with E-state index in [1.165, 1.54) is 6.26 Å². The van der Waals surface area contributed by atoms with Gasteiger partial charge in [0.05, 0.1) is 11.9 Å². The number of furan rings is 1. The van der Waals surface area contributed by atoms with Crippen molar-refractivity contribution >= 4 is 17.5 Å². The second-order valence-corrected chi connectivity index (χ2v) is 5.26. The zero-order valence-corrected chi connectivity index (χ0v) is 12.2. The smallest absolute Gasteiger partial charge is 0.313 e. The van der Waals surface area contributed by atoms with Gasteiger partial charge in [0.25, 0.3) is 0 Å². The number of carbonyl (C=O) groups is 2. The summed E-state index contributed by atoms with van der Waals surface area (Å²) >= 11 is 0. The minimum absolute atomic E-state index is 0.0608. The molecule has 1 heterocycles. The quantitative estimate of drug-likeness (QED) is 0.727. The zero-order chi connectivity index (χ0) is 16.0. The van der Waals surface area contributed by atoms with Crippen LogP contribution in [0.3, 0.4) is 0 Å². The molecule has 1 atom stereocenters. The minimum Gasteiger partial charge on any atom is -0.469 e. The number of amides is 2. The Morgan fingerprint density at radius 1 is 1.14 bits per heavy atom. The number of benzene rings is 1. The zero-order valence-electron chi connectivity index (χ0n) is 12.2. The lowest BCUT2D eigenvalue weighted by molar-refractivity contribution is -0.136. The number of rotatable bonds is 5. The third-order valence-corrected chi connectivity index (χ3v) is 3.00. The second-order valence-electron chi connectivity index (χ2n) is 5.26. The molecule has 2 amide bonds. The van der Waals surface area contributed by atoms with Gasteiger partial charge in [-0.3, -0.25) is 9.59 Å². The molecular formula is C16H18N2O4. The Kier molecular flexibility index (Phi) is 4.95. The van der Waals surface area contributed by atoms with E-state index in [0.29, 0.717) is 11.4 Å². The lowest BCUT2D eigenvalue weighted by atomic mass is 10.0. The second kappa shape index (κ2) is 6.91. The van der Waals surface area contributed by atoms with Gasteiger partial charge in [-0.05, 0) is 31.2 Å². The van der Waals surface area contributed by atoms with Crippen LogP contribution in [0.15, 0.2) is 53.1 Å². The minimum atomic E-state index is -1.21. The highest BCUT2D eigenvalue weighted by molar-refractivity contribution is 6.39. The maximum Gasteiger partial charge on any atom is 0.313 e. The van der Waals surface area contributed by atoms with Gasteiger partial charge in [-0.1, -0.05) is 18.2 Å². The summed E-state index contributed by atoms with van der Waals surface area (Å²) < 4.78 is 5.15. The highest BCUT2D eigenvalue weighted by atomic mass is 16.3. The van der Waals surface area contributed by atoms with Crippen molar-refractivity contribution in [3.05, 3.63) is 54.5 Å². The van der Waals surface area contributed by atoms with Crippen LogP contribution in [0, 0.1) is 0 Å². The molecular weight excluding hydrogens is 284 g/mol. The normalized spacial score (nSPS) is 13.2. The Labute approximate surface area is 128 Å². The first-order valence-electron chi connectivity index (χ1n) is 6.85. The molecule has 6 heteroatoms. The Morgan fingerprint density at radius 3 is 2.50 bits per heavy atom. The number of para-hydroxylation sites is 1. The van der Waals surface area contributed by atoms with Crippen molar-refractivity contribution in [2.75, 3.05) is 11.9 Å². The summed E-state index contributed by atoms with van der Waals surface area (Å²) in [6, 6.07) is 12.1. The standard InChI is InChI=1S/C16H18N2O4/c1-16(21,10-13-8-5-9-22-13)11-17-14(19)15(20)18-12-6-3-2-4-7-12/h2-9,21H,10-11H2,1H3,(H,17,19)(H,18,20). The molecule has 0 fully saturated rings. The molecule has 0 aliphatic heterocycles. The molecule has 3 N–H and O–H groups in total. The van der Waals surface area contributed by atoms with Gasteiger partial charge >= 0.3 is 11.8 Å². The Hall–Kier alpha value is -2.60. The molecule has 116 valence electrons. The van der Waals surface area contributed by atoms with Crippen LogP contribution in [0.5, 0.6) is 0 Å². The predicted molar refractivity (Wildman–Crippen MR) is 81.1 cm³/mol. The van der Waals surface area contributed by atoms with Gasteiger partial charge in [0.1, 0.15) is 5.76 Å². The molecule has 0 spiro atoms. The largest absolute Gasteiger partial charge is 0.469 e. The highest BCUT2D eigenvalue weighted by Gasteiger charge is 2.25. The van der Waals surface area contributed by atoms with Gasteiger partial charge in [0.2, 0.25) is 0 Å². The van der Waals surface area contributed by atoms with E-state index in [4.69, 9.17) is 4.42 Å². The van der Waals surface area contributed by atoms with Crippen LogP contribution in [-0.2, 0) is 16.0 Å². The van der Waals surface area contributed by atoms with Gasteiger partial charge in [-0.2, -0.15) is 0 Å². The summed E-state index contributed by atoms with van der Waals surface area (Å²) in [5.74, 6) is -0.975. The van der Waals surface area contributed by atoms with E-state index in [2.05, 4.69) is 10.6 Å². The monoisotopic (exact) mass is 302 g/mol. The first kappa shape index (κ1) is 15.8. The highest BCUT2D eigenvalue weighted by Crippen LogP contribution is 2.12. The molecule has 0 bridgehead atoms. The van der Waals surface area contributed by atoms with Crippen LogP contribution in [0.25, 0.3) is 0 Å². The number of aliphatic hydroxyl groups is 1. The average Bonchev–Trinajstić information content (AvgIpc) is 2.98. The number of anilines is 1. The van der Waals surface area contributed by atoms with Crippen molar-refractivity contribution in [1.82, 2.24) is 5.32 Å². The molecule has 2 rings (SSSR count). The topological polar surface area (TPSA) is 91.6 Å². The van der Waals surface area contributed by atoms with E-state index in [-0.39, 0.29) is 13.0 Å². The first-order chi connectivity index (χ1) is 10.5. The fraction of sp³-hybridized carbons (Fsp3) is 0.250. The molecule has 1 unspecified atom stereocenters. The van der Waals surface area contributed by atoms with E-state index < -0.39 is 17.4 Å². The lowest BCUT2D eigenvalue weighted by Gasteiger charge is -2.22. The molecule has 22 heavy (non-hydrogen) atoms. The summed E-state index contributed by atoms with van der Waals surface area (Å²) in [6.45, 7) is 1.50. The number of carbonyl (C=O) groups excluding carboxylic acids is 2. The van der Waals surface area contributed by atoms with Crippen LogP contribution < -0.4 is 10.6 Å². The van der Waals surface area contributed by atoms with Crippen molar-refractivity contribution < 1.29 is 19.1 Å². The summed E-state index contributed by atoms with van der Waals surface area (Å²) in [6.07, 6.45) is 1.75. The van der Waals surface area contributed by atoms with Crippen LogP contribution >= 0.6 is 0 Å². The van der Waals surface area contributed by atoms with E-state index in [1.54, 1.807) is 43.3 Å². The molecule has 0 saturated carbocycles. The number of nitrogens with one attached hydrogen (secondary N) is 2. The number of hydrogen-bond acceptors (Lipinski definition) is 4. The number of hydrogen-bond donors (Lipinski definition) is 3. The molecule has 6 nitrogen and oxygen atoms in total. The Morgan fingerprint density at radius 2 is 1.86 bits per heavy atom. The SMILES string of the molecule is CC(O)(CNC(=O)C(=O)Nc1ccccc1)Cc1ccco1. The third kappa shape index (κ3) is 4.75. The summed E-state index contributed by atoms with van der Waals surface area (Å²) in [5, 5.41) is 15.1. The summed E-state index contributed by atoms with van der Waals surface area (Å²) in [5.41, 5.74) is -0.675. The van der Waals surface area contributed by atoms with Crippen LogP contribution in [0.4, 0.5) is 5.69 Å². The maximum atomic E-state index is 11.7. The van der Waals surface area contributed by atoms with E-state index >= 15 is 0 Å². The van der Waals surface area contributed by atoms with Crippen LogP contribution in [-0.4, -0.2) is 29.1 Å². The average molecular weight is 302 g/mol. The lowest BCUT2D eigenvalue weighted by Crippen LogP contribution is -2.45. The van der Waals surface area contributed by atoms with E-state index in [0.717, 1.165) is 0 Å². The molecule has 2 aromatic rings. The fourth-order valence-corrected chi connectivity index (χ4v) is 1.91. The van der Waals surface area contributed by atoms with Crippen molar-refractivity contribution in [2.45, 2.75) is 18.9 Å². The summed E-state index contributed by atoms with van der Waals surface area (Å²) in [7, 11) is 0. The molecule has 0 radical (unpaired) electrons. The van der Waals surface area contributed by atoms with E-state index in [9.17, 15) is 14.7 Å². The van der Waals surface area contributed by atoms with E-state index in [1.807, 2.05) is 6.07 Å². The maximum absolute atomic E-state index is 11.7. The van der Waals surface area contributed by atoms with Crippen molar-refractivity contribution in [3.63, 3.8) is 0 Å². The van der Waals surface area contributed by atoms with Crippen molar-refractivity contribution in [1.29, 1.82) is 0 Å². The molecule has 0 aliphatic carbocycles. The first-order valence-corrected chi connectivity index (χ1v) is 6.85. The molecule has 1 aromatic carbocycles. The Balaban J connectivity index is 1.82. The fourth-order valence-electron chi connectivity index (χ4n) is 1.91. The predicted octanol–water partition coefficient (Wildman–Crippen LogP) is 1.33. The molecule has 0 aliphatic rings. The van der Waals surface area contributed by atoms with Crippen LogP contribution in [0.2, 0.25) is 0 Å². The van der Waals surface area contributed by atoms with Gasteiger partial charge in [-0.15, -0.1) is 0 Å². The molecule has 1 aromatic heterocycles. The van der Waals surface area contributed by atoms with Gasteiger partial charge in [0, 0.05) is 18.7 Å². The van der Waals surface area contributed by atoms with Gasteiger partial charge in [-0.25, -0.2) is 0 Å². The van der Waals surface area contributed by atoms with Gasteiger partial charge in [0.15, 0.2) is 0 Å².